The molecule has 0 unspecified atom stereocenters. The number of benzene rings is 1. The Labute approximate surface area is 89.9 Å². The highest BCUT2D eigenvalue weighted by Gasteiger charge is 2.06. The molecule has 0 aliphatic rings. The van der Waals surface area contributed by atoms with Crippen LogP contribution >= 0.6 is 12.4 Å². The lowest BCUT2D eigenvalue weighted by Gasteiger charge is -2.08. The summed E-state index contributed by atoms with van der Waals surface area (Å²) in [5.74, 6) is 0.740. The van der Waals surface area contributed by atoms with Crippen molar-refractivity contribution in [1.29, 1.82) is 5.26 Å². The molecule has 2 N–H and O–H groups in total. The number of halogens is 1. The van der Waals surface area contributed by atoms with E-state index in [0.717, 1.165) is 11.3 Å². The summed E-state index contributed by atoms with van der Waals surface area (Å²) in [4.78, 5) is 0. The van der Waals surface area contributed by atoms with Gasteiger partial charge in [0.05, 0.1) is 18.7 Å². The van der Waals surface area contributed by atoms with E-state index in [1.54, 1.807) is 19.2 Å². The van der Waals surface area contributed by atoms with Crippen LogP contribution in [0.1, 0.15) is 11.1 Å². The number of hydrogen-bond donors (Lipinski definition) is 1. The molecule has 3 nitrogen and oxygen atoms in total. The zero-order chi connectivity index (χ0) is 9.68. The largest absolute Gasteiger partial charge is 0.496 e. The SMILES string of the molecule is COc1cccc(C#N)c1CCN.Cl. The van der Waals surface area contributed by atoms with Crippen molar-refractivity contribution < 1.29 is 4.74 Å². The number of ether oxygens (including phenoxy) is 1. The summed E-state index contributed by atoms with van der Waals surface area (Å²) < 4.78 is 5.13. The van der Waals surface area contributed by atoms with E-state index in [4.69, 9.17) is 15.7 Å². The molecule has 0 aliphatic heterocycles. The molecular weight excluding hydrogens is 200 g/mol. The molecule has 1 aromatic rings. The van der Waals surface area contributed by atoms with Crippen LogP contribution in [0.4, 0.5) is 0 Å². The van der Waals surface area contributed by atoms with E-state index in [1.807, 2.05) is 6.07 Å². The van der Waals surface area contributed by atoms with Gasteiger partial charge in [-0.25, -0.2) is 0 Å². The van der Waals surface area contributed by atoms with Crippen molar-refractivity contribution in [3.05, 3.63) is 29.3 Å². The maximum atomic E-state index is 8.82. The van der Waals surface area contributed by atoms with Crippen molar-refractivity contribution in [3.63, 3.8) is 0 Å². The molecule has 1 rings (SSSR count). The van der Waals surface area contributed by atoms with Crippen molar-refractivity contribution in [2.24, 2.45) is 5.73 Å². The van der Waals surface area contributed by atoms with E-state index >= 15 is 0 Å². The minimum Gasteiger partial charge on any atom is -0.496 e. The average molecular weight is 213 g/mol. The molecule has 0 saturated carbocycles. The van der Waals surface area contributed by atoms with Crippen LogP contribution in [0.25, 0.3) is 0 Å². The number of nitriles is 1. The molecular formula is C10H13ClN2O. The highest BCUT2D eigenvalue weighted by Crippen LogP contribution is 2.21. The first-order valence-corrected chi connectivity index (χ1v) is 4.09. The van der Waals surface area contributed by atoms with Crippen LogP contribution in [0.5, 0.6) is 5.75 Å². The number of nitrogens with two attached hydrogens (primary N) is 1. The maximum Gasteiger partial charge on any atom is 0.123 e. The zero-order valence-corrected chi connectivity index (χ0v) is 8.80. The molecule has 0 atom stereocenters. The van der Waals surface area contributed by atoms with Crippen LogP contribution in [-0.2, 0) is 6.42 Å². The maximum absolute atomic E-state index is 8.82. The fraction of sp³-hybridized carbons (Fsp3) is 0.300. The van der Waals surface area contributed by atoms with Crippen LogP contribution in [0.15, 0.2) is 18.2 Å². The molecule has 0 aliphatic carbocycles. The Bertz CT molecular complexity index is 333. The van der Waals surface area contributed by atoms with Crippen molar-refractivity contribution in [2.45, 2.75) is 6.42 Å². The van der Waals surface area contributed by atoms with Crippen molar-refractivity contribution in [1.82, 2.24) is 0 Å². The fourth-order valence-electron chi connectivity index (χ4n) is 1.26. The van der Waals surface area contributed by atoms with E-state index in [0.29, 0.717) is 18.5 Å². The van der Waals surface area contributed by atoms with E-state index in [2.05, 4.69) is 6.07 Å². The Morgan fingerprint density at radius 2 is 2.21 bits per heavy atom. The first-order chi connectivity index (χ1) is 6.33. The lowest BCUT2D eigenvalue weighted by Crippen LogP contribution is -2.06. The van der Waals surface area contributed by atoms with Crippen LogP contribution in [0.2, 0.25) is 0 Å². The molecule has 14 heavy (non-hydrogen) atoms. The molecule has 0 bridgehead atoms. The van der Waals surface area contributed by atoms with E-state index in [-0.39, 0.29) is 12.4 Å². The first kappa shape index (κ1) is 12.8. The zero-order valence-electron chi connectivity index (χ0n) is 7.99. The number of methoxy groups -OCH3 is 1. The molecule has 0 heterocycles. The minimum atomic E-state index is 0. The Morgan fingerprint density at radius 3 is 2.71 bits per heavy atom. The topological polar surface area (TPSA) is 59.0 Å². The molecule has 0 saturated heterocycles. The standard InChI is InChI=1S/C10H12N2O.ClH/c1-13-10-4-2-3-8(7-12)9(10)5-6-11;/h2-4H,5-6,11H2,1H3;1H. The molecule has 0 fully saturated rings. The van der Waals surface area contributed by atoms with E-state index in [1.165, 1.54) is 0 Å². The Hall–Kier alpha value is -1.24. The van der Waals surface area contributed by atoms with Crippen molar-refractivity contribution in [2.75, 3.05) is 13.7 Å². The second-order valence-corrected chi connectivity index (χ2v) is 2.64. The third-order valence-electron chi connectivity index (χ3n) is 1.87. The summed E-state index contributed by atoms with van der Waals surface area (Å²) in [6, 6.07) is 7.53. The molecule has 76 valence electrons. The number of hydrogen-bond acceptors (Lipinski definition) is 3. The van der Waals surface area contributed by atoms with Crippen LogP contribution in [0.3, 0.4) is 0 Å². The quantitative estimate of drug-likeness (QED) is 0.826. The lowest BCUT2D eigenvalue weighted by atomic mass is 10.0. The van der Waals surface area contributed by atoms with E-state index in [9.17, 15) is 0 Å². The van der Waals surface area contributed by atoms with Crippen molar-refractivity contribution >= 4 is 12.4 Å². The van der Waals surface area contributed by atoms with Gasteiger partial charge in [0.2, 0.25) is 0 Å². The normalized spacial score (nSPS) is 8.64. The van der Waals surface area contributed by atoms with Gasteiger partial charge in [-0.15, -0.1) is 12.4 Å². The minimum absolute atomic E-state index is 0. The summed E-state index contributed by atoms with van der Waals surface area (Å²) in [7, 11) is 1.59. The smallest absolute Gasteiger partial charge is 0.123 e. The van der Waals surface area contributed by atoms with Gasteiger partial charge in [0, 0.05) is 5.56 Å². The van der Waals surface area contributed by atoms with Crippen molar-refractivity contribution in [3.8, 4) is 11.8 Å². The highest BCUT2D eigenvalue weighted by atomic mass is 35.5. The highest BCUT2D eigenvalue weighted by molar-refractivity contribution is 5.85. The van der Waals surface area contributed by atoms with Gasteiger partial charge in [0.15, 0.2) is 0 Å². The van der Waals surface area contributed by atoms with Gasteiger partial charge < -0.3 is 10.5 Å². The summed E-state index contributed by atoms with van der Waals surface area (Å²) in [6.45, 7) is 0.523. The number of rotatable bonds is 3. The fourth-order valence-corrected chi connectivity index (χ4v) is 1.26. The van der Waals surface area contributed by atoms with Gasteiger partial charge >= 0.3 is 0 Å². The lowest BCUT2D eigenvalue weighted by molar-refractivity contribution is 0.409. The molecule has 0 aromatic heterocycles. The van der Waals surface area contributed by atoms with Gasteiger partial charge in [-0.3, -0.25) is 0 Å². The number of nitrogens with zero attached hydrogens (tertiary/aromatic N) is 1. The molecule has 4 heteroatoms. The van der Waals surface area contributed by atoms with Crippen LogP contribution < -0.4 is 10.5 Å². The molecule has 0 radical (unpaired) electrons. The monoisotopic (exact) mass is 212 g/mol. The van der Waals surface area contributed by atoms with Gasteiger partial charge in [-0.2, -0.15) is 5.26 Å². The first-order valence-electron chi connectivity index (χ1n) is 4.09. The van der Waals surface area contributed by atoms with Crippen LogP contribution in [0, 0.1) is 11.3 Å². The van der Waals surface area contributed by atoms with Gasteiger partial charge in [0.25, 0.3) is 0 Å². The summed E-state index contributed by atoms with van der Waals surface area (Å²) in [5.41, 5.74) is 6.98. The summed E-state index contributed by atoms with van der Waals surface area (Å²) >= 11 is 0. The Morgan fingerprint density at radius 1 is 1.50 bits per heavy atom. The molecule has 0 amide bonds. The van der Waals surface area contributed by atoms with Gasteiger partial charge in [0.1, 0.15) is 5.75 Å². The summed E-state index contributed by atoms with van der Waals surface area (Å²) in [6.07, 6.45) is 0.674. The predicted octanol–water partition coefficient (Wildman–Crippen LogP) is 1.49. The summed E-state index contributed by atoms with van der Waals surface area (Å²) in [5, 5.41) is 8.82. The predicted molar refractivity (Wildman–Crippen MR) is 57.7 cm³/mol. The van der Waals surface area contributed by atoms with Gasteiger partial charge in [-0.1, -0.05) is 6.07 Å². The van der Waals surface area contributed by atoms with E-state index < -0.39 is 0 Å². The Balaban J connectivity index is 0.00000169. The third-order valence-corrected chi connectivity index (χ3v) is 1.87. The second kappa shape index (κ2) is 6.25. The van der Waals surface area contributed by atoms with Crippen LogP contribution in [-0.4, -0.2) is 13.7 Å². The third kappa shape index (κ3) is 2.63. The second-order valence-electron chi connectivity index (χ2n) is 2.64. The Kier molecular flexibility index (Phi) is 5.70. The van der Waals surface area contributed by atoms with Gasteiger partial charge in [-0.05, 0) is 25.1 Å². The molecule has 1 aromatic carbocycles. The average Bonchev–Trinajstić information content (AvgIpc) is 2.18. The molecule has 0 spiro atoms.